The predicted molar refractivity (Wildman–Crippen MR) is 118 cm³/mol. The van der Waals surface area contributed by atoms with Crippen LogP contribution in [0.25, 0.3) is 22.5 Å². The van der Waals surface area contributed by atoms with Gasteiger partial charge in [0.2, 0.25) is 0 Å². The van der Waals surface area contributed by atoms with E-state index in [4.69, 9.17) is 0 Å². The van der Waals surface area contributed by atoms with Crippen LogP contribution in [0.5, 0.6) is 0 Å². The fourth-order valence-electron chi connectivity index (χ4n) is 3.50. The van der Waals surface area contributed by atoms with Gasteiger partial charge >= 0.3 is 0 Å². The molecule has 0 spiro atoms. The van der Waals surface area contributed by atoms with E-state index in [2.05, 4.69) is 15.5 Å². The molecule has 0 aliphatic rings. The van der Waals surface area contributed by atoms with E-state index in [1.165, 1.54) is 6.07 Å². The van der Waals surface area contributed by atoms with E-state index in [0.29, 0.717) is 34.5 Å². The van der Waals surface area contributed by atoms with Crippen molar-refractivity contribution < 1.29 is 18.7 Å². The molecule has 5 nitrogen and oxygen atoms in total. The van der Waals surface area contributed by atoms with Gasteiger partial charge in [0.25, 0.3) is 5.91 Å². The smallest absolute Gasteiger partial charge is 0.252 e. The number of nitrogens with one attached hydrogen (secondary N) is 2. The first kappa shape index (κ1) is 21.4. The van der Waals surface area contributed by atoms with Gasteiger partial charge in [0.1, 0.15) is 0 Å². The van der Waals surface area contributed by atoms with Crippen LogP contribution in [0, 0.1) is 11.6 Å². The Morgan fingerprint density at radius 1 is 0.969 bits per heavy atom. The number of benzene rings is 3. The Morgan fingerprint density at radius 2 is 1.72 bits per heavy atom. The Labute approximate surface area is 183 Å². The van der Waals surface area contributed by atoms with Gasteiger partial charge in [0.05, 0.1) is 24.0 Å². The number of hydrogen-bond acceptors (Lipinski definition) is 3. The van der Waals surface area contributed by atoms with E-state index in [-0.39, 0.29) is 12.5 Å². The summed E-state index contributed by atoms with van der Waals surface area (Å²) in [7, 11) is 0. The molecule has 0 bridgehead atoms. The van der Waals surface area contributed by atoms with Gasteiger partial charge in [-0.1, -0.05) is 48.5 Å². The highest BCUT2D eigenvalue weighted by Crippen LogP contribution is 2.27. The number of aromatic nitrogens is 2. The number of H-pyrrole nitrogens is 1. The minimum atomic E-state index is -0.958. The molecule has 162 valence electrons. The molecular formula is C25H21F2N3O2. The maximum Gasteiger partial charge on any atom is 0.252 e. The first-order valence-electron chi connectivity index (χ1n) is 10.1. The molecule has 7 heteroatoms. The minimum absolute atomic E-state index is 0.201. The molecule has 4 rings (SSSR count). The van der Waals surface area contributed by atoms with Crippen LogP contribution in [0.2, 0.25) is 0 Å². The standard InChI is InChI=1S/C25H21F2N3O2/c26-21-11-10-17(13-22(21)27)23-14-24(30-29-23)19-8-4-5-9-20(19)25(32)28-18(15-31)12-16-6-2-1-3-7-16/h1-11,13-14,18,31H,12,15H2,(H,28,32)(H,29,30)/t18-/m1/s1. The van der Waals surface area contributed by atoms with Gasteiger partial charge in [-0.25, -0.2) is 8.78 Å². The summed E-state index contributed by atoms with van der Waals surface area (Å²) in [5.74, 6) is -2.22. The molecule has 1 amide bonds. The lowest BCUT2D eigenvalue weighted by Crippen LogP contribution is -2.39. The summed E-state index contributed by atoms with van der Waals surface area (Å²) in [5.41, 5.74) is 3.40. The van der Waals surface area contributed by atoms with Crippen molar-refractivity contribution in [3.05, 3.63) is 102 Å². The number of aliphatic hydroxyl groups excluding tert-OH is 1. The zero-order valence-electron chi connectivity index (χ0n) is 17.1. The number of halogens is 2. The summed E-state index contributed by atoms with van der Waals surface area (Å²) >= 11 is 0. The van der Waals surface area contributed by atoms with Gasteiger partial charge in [0, 0.05) is 16.7 Å². The Balaban J connectivity index is 1.57. The molecule has 0 fully saturated rings. The Hall–Kier alpha value is -3.84. The SMILES string of the molecule is O=C(N[C@@H](CO)Cc1ccccc1)c1ccccc1-c1cc(-c2ccc(F)c(F)c2)n[nH]1. The van der Waals surface area contributed by atoms with Gasteiger partial charge in [-0.15, -0.1) is 0 Å². The van der Waals surface area contributed by atoms with E-state index >= 15 is 0 Å². The fourth-order valence-corrected chi connectivity index (χ4v) is 3.50. The molecule has 0 aliphatic heterocycles. The zero-order valence-corrected chi connectivity index (χ0v) is 17.1. The highest BCUT2D eigenvalue weighted by Gasteiger charge is 2.18. The first-order valence-corrected chi connectivity index (χ1v) is 10.1. The van der Waals surface area contributed by atoms with Crippen LogP contribution in [0.15, 0.2) is 78.9 Å². The average Bonchev–Trinajstić information content (AvgIpc) is 3.31. The lowest BCUT2D eigenvalue weighted by Gasteiger charge is -2.17. The Kier molecular flexibility index (Phi) is 6.37. The lowest BCUT2D eigenvalue weighted by molar-refractivity contribution is 0.0917. The van der Waals surface area contributed by atoms with E-state index in [0.717, 1.165) is 17.7 Å². The first-order chi connectivity index (χ1) is 15.5. The summed E-state index contributed by atoms with van der Waals surface area (Å²) in [6.45, 7) is -0.201. The number of rotatable bonds is 7. The lowest BCUT2D eigenvalue weighted by atomic mass is 10.0. The highest BCUT2D eigenvalue weighted by atomic mass is 19.2. The van der Waals surface area contributed by atoms with Crippen molar-refractivity contribution in [1.82, 2.24) is 15.5 Å². The molecule has 1 aromatic heterocycles. The average molecular weight is 433 g/mol. The van der Waals surface area contributed by atoms with Gasteiger partial charge in [-0.3, -0.25) is 9.89 Å². The van der Waals surface area contributed by atoms with Crippen LogP contribution in [-0.4, -0.2) is 33.9 Å². The zero-order chi connectivity index (χ0) is 22.5. The quantitative estimate of drug-likeness (QED) is 0.405. The van der Waals surface area contributed by atoms with Gasteiger partial charge in [-0.2, -0.15) is 5.10 Å². The van der Waals surface area contributed by atoms with Crippen LogP contribution < -0.4 is 5.32 Å². The van der Waals surface area contributed by atoms with Crippen molar-refractivity contribution in [3.63, 3.8) is 0 Å². The van der Waals surface area contributed by atoms with E-state index < -0.39 is 17.7 Å². The predicted octanol–water partition coefficient (Wildman–Crippen LogP) is 4.36. The third kappa shape index (κ3) is 4.73. The Morgan fingerprint density at radius 3 is 2.47 bits per heavy atom. The molecule has 1 atom stereocenters. The summed E-state index contributed by atoms with van der Waals surface area (Å²) < 4.78 is 26.8. The second kappa shape index (κ2) is 9.53. The topological polar surface area (TPSA) is 78.0 Å². The van der Waals surface area contributed by atoms with Crippen LogP contribution in [0.3, 0.4) is 0 Å². The minimum Gasteiger partial charge on any atom is -0.394 e. The Bertz CT molecular complexity index is 1220. The molecule has 0 saturated carbocycles. The summed E-state index contributed by atoms with van der Waals surface area (Å²) in [5, 5.41) is 19.7. The van der Waals surface area contributed by atoms with Crippen molar-refractivity contribution >= 4 is 5.91 Å². The molecule has 1 heterocycles. The molecule has 0 saturated heterocycles. The van der Waals surface area contributed by atoms with E-state index in [1.54, 1.807) is 30.3 Å². The number of aliphatic hydroxyl groups is 1. The number of carbonyl (C=O) groups excluding carboxylic acids is 1. The third-order valence-electron chi connectivity index (χ3n) is 5.14. The van der Waals surface area contributed by atoms with Crippen LogP contribution in [0.1, 0.15) is 15.9 Å². The summed E-state index contributed by atoms with van der Waals surface area (Å²) in [6, 6.07) is 21.4. The van der Waals surface area contributed by atoms with Crippen molar-refractivity contribution in [1.29, 1.82) is 0 Å². The number of nitrogens with zero attached hydrogens (tertiary/aromatic N) is 1. The van der Waals surface area contributed by atoms with E-state index in [1.807, 2.05) is 30.3 Å². The second-order valence-corrected chi connectivity index (χ2v) is 7.38. The van der Waals surface area contributed by atoms with Crippen molar-refractivity contribution in [3.8, 4) is 22.5 Å². The third-order valence-corrected chi connectivity index (χ3v) is 5.14. The monoisotopic (exact) mass is 433 g/mol. The molecule has 3 aromatic carbocycles. The van der Waals surface area contributed by atoms with Gasteiger partial charge in [-0.05, 0) is 42.3 Å². The molecule has 4 aromatic rings. The van der Waals surface area contributed by atoms with E-state index in [9.17, 15) is 18.7 Å². The summed E-state index contributed by atoms with van der Waals surface area (Å²) in [6.07, 6.45) is 0.496. The normalized spacial score (nSPS) is 11.8. The van der Waals surface area contributed by atoms with Gasteiger partial charge < -0.3 is 10.4 Å². The van der Waals surface area contributed by atoms with Crippen molar-refractivity contribution in [2.24, 2.45) is 0 Å². The molecule has 0 unspecified atom stereocenters. The molecule has 0 aliphatic carbocycles. The van der Waals surface area contributed by atoms with Crippen molar-refractivity contribution in [2.45, 2.75) is 12.5 Å². The maximum atomic E-state index is 13.6. The maximum absolute atomic E-state index is 13.6. The molecular weight excluding hydrogens is 412 g/mol. The van der Waals surface area contributed by atoms with Crippen molar-refractivity contribution in [2.75, 3.05) is 6.61 Å². The van der Waals surface area contributed by atoms with Gasteiger partial charge in [0.15, 0.2) is 11.6 Å². The second-order valence-electron chi connectivity index (χ2n) is 7.38. The number of amides is 1. The molecule has 3 N–H and O–H groups in total. The number of hydrogen-bond donors (Lipinski definition) is 3. The highest BCUT2D eigenvalue weighted by molar-refractivity contribution is 6.00. The number of aromatic amines is 1. The summed E-state index contributed by atoms with van der Waals surface area (Å²) in [4.78, 5) is 13.0. The van der Waals surface area contributed by atoms with Crippen LogP contribution >= 0.6 is 0 Å². The van der Waals surface area contributed by atoms with Crippen LogP contribution in [-0.2, 0) is 6.42 Å². The largest absolute Gasteiger partial charge is 0.394 e. The van der Waals surface area contributed by atoms with Crippen LogP contribution in [0.4, 0.5) is 8.78 Å². The fraction of sp³-hybridized carbons (Fsp3) is 0.120. The molecule has 0 radical (unpaired) electrons. The molecule has 32 heavy (non-hydrogen) atoms. The number of carbonyl (C=O) groups is 1.